The summed E-state index contributed by atoms with van der Waals surface area (Å²) in [4.78, 5) is 0.235. The number of rotatable bonds is 8. The quantitative estimate of drug-likeness (QED) is 0.212. The van der Waals surface area contributed by atoms with E-state index in [1.165, 1.54) is 15.6 Å². The normalized spacial score (nSPS) is 12.2. The molecule has 0 aromatic heterocycles. The highest BCUT2D eigenvalue weighted by Gasteiger charge is 2.43. The second-order valence-electron chi connectivity index (χ2n) is 9.71. The lowest BCUT2D eigenvalue weighted by Crippen LogP contribution is -2.68. The van der Waals surface area contributed by atoms with E-state index in [0.29, 0.717) is 0 Å². The molecule has 194 valence electrons. The molecule has 39 heavy (non-hydrogen) atoms. The monoisotopic (exact) mass is 545 g/mol. The Kier molecular flexibility index (Phi) is 7.64. The van der Waals surface area contributed by atoms with Gasteiger partial charge in [0, 0.05) is 6.20 Å². The van der Waals surface area contributed by atoms with E-state index in [9.17, 15) is 8.42 Å². The first-order valence-corrected chi connectivity index (χ1v) is 16.4. The molecule has 0 unspecified atom stereocenters. The molecule has 5 heteroatoms. The molecule has 0 heterocycles. The van der Waals surface area contributed by atoms with Crippen LogP contribution in [0.3, 0.4) is 0 Å². The van der Waals surface area contributed by atoms with E-state index >= 15 is 0 Å². The number of hydrogen-bond donors (Lipinski definition) is 1. The molecule has 5 aromatic carbocycles. The average molecular weight is 546 g/mol. The lowest BCUT2D eigenvalue weighted by Gasteiger charge is -2.36. The molecule has 5 aromatic rings. The predicted octanol–water partition coefficient (Wildman–Crippen LogP) is 5.33. The zero-order valence-electron chi connectivity index (χ0n) is 22.1. The van der Waals surface area contributed by atoms with Crippen molar-refractivity contribution >= 4 is 38.9 Å². The summed E-state index contributed by atoms with van der Waals surface area (Å²) in [6.45, 7) is 4.00. The van der Waals surface area contributed by atoms with Crippen molar-refractivity contribution in [3.8, 4) is 0 Å². The molecule has 0 aliphatic carbocycles. The topological polar surface area (TPSA) is 46.2 Å². The summed E-state index contributed by atoms with van der Waals surface area (Å²) in [5, 5.41) is 4.47. The first-order chi connectivity index (χ1) is 18.9. The van der Waals surface area contributed by atoms with Gasteiger partial charge in [0.05, 0.1) is 4.90 Å². The van der Waals surface area contributed by atoms with Crippen LogP contribution in [0.15, 0.2) is 151 Å². The third-order valence-corrected chi connectivity index (χ3v) is 13.2. The highest BCUT2D eigenvalue weighted by Crippen LogP contribution is 2.27. The predicted molar refractivity (Wildman–Crippen MR) is 165 cm³/mol. The Labute approximate surface area is 232 Å². The van der Waals surface area contributed by atoms with Crippen LogP contribution in [-0.2, 0) is 10.0 Å². The highest BCUT2D eigenvalue weighted by atomic mass is 32.2. The van der Waals surface area contributed by atoms with Gasteiger partial charge < -0.3 is 0 Å². The molecule has 0 spiro atoms. The van der Waals surface area contributed by atoms with Gasteiger partial charge in [-0.3, -0.25) is 4.72 Å². The second-order valence-corrected chi connectivity index (χ2v) is 15.2. The van der Waals surface area contributed by atoms with Crippen LogP contribution < -0.4 is 20.3 Å². The Morgan fingerprint density at radius 3 is 1.36 bits per heavy atom. The second kappa shape index (κ2) is 11.3. The zero-order chi connectivity index (χ0) is 27.3. The van der Waals surface area contributed by atoms with Gasteiger partial charge in [-0.1, -0.05) is 139 Å². The van der Waals surface area contributed by atoms with Gasteiger partial charge >= 0.3 is 0 Å². The van der Waals surface area contributed by atoms with Gasteiger partial charge in [-0.05, 0) is 52.3 Å². The molecular formula is C34H31NO2SSi. The van der Waals surface area contributed by atoms with E-state index in [1.54, 1.807) is 18.3 Å². The summed E-state index contributed by atoms with van der Waals surface area (Å²) >= 11 is 0. The van der Waals surface area contributed by atoms with Crippen LogP contribution in [0.5, 0.6) is 0 Å². The fraction of sp³-hybridized carbons (Fsp3) is 0.0588. The largest absolute Gasteiger partial charge is 0.286 e. The summed E-state index contributed by atoms with van der Waals surface area (Å²) in [7, 11) is -6.79. The van der Waals surface area contributed by atoms with Crippen molar-refractivity contribution in [3.63, 3.8) is 0 Å². The van der Waals surface area contributed by atoms with E-state index in [0.717, 1.165) is 21.9 Å². The van der Waals surface area contributed by atoms with Crippen LogP contribution >= 0.6 is 0 Å². The SMILES string of the molecule is Cc1ccc(/C(=C\NS(=O)(=O)c2ccc(C)cc2)[Si](c2ccccc2)(c2ccccc2)c2ccccc2)cc1. The minimum Gasteiger partial charge on any atom is -0.286 e. The maximum absolute atomic E-state index is 13.5. The number of sulfonamides is 1. The van der Waals surface area contributed by atoms with E-state index in [-0.39, 0.29) is 4.90 Å². The summed E-state index contributed by atoms with van der Waals surface area (Å²) in [5.41, 5.74) is 3.13. The van der Waals surface area contributed by atoms with Crippen molar-refractivity contribution in [2.24, 2.45) is 0 Å². The molecule has 5 rings (SSSR count). The first kappa shape index (κ1) is 26.4. The van der Waals surface area contributed by atoms with Crippen LogP contribution in [0.4, 0.5) is 0 Å². The Morgan fingerprint density at radius 1 is 0.564 bits per heavy atom. The fourth-order valence-corrected chi connectivity index (χ4v) is 11.0. The van der Waals surface area contributed by atoms with E-state index < -0.39 is 18.1 Å². The first-order valence-electron chi connectivity index (χ1n) is 12.9. The number of benzene rings is 5. The van der Waals surface area contributed by atoms with Gasteiger partial charge in [0.15, 0.2) is 8.07 Å². The Bertz CT molecular complexity index is 1570. The Balaban J connectivity index is 1.83. The lowest BCUT2D eigenvalue weighted by atomic mass is 10.1. The molecule has 0 aliphatic rings. The summed E-state index contributed by atoms with van der Waals surface area (Å²) in [5.74, 6) is 0. The lowest BCUT2D eigenvalue weighted by molar-refractivity contribution is 0.590. The van der Waals surface area contributed by atoms with Crippen LogP contribution in [0.2, 0.25) is 0 Å². The minimum absolute atomic E-state index is 0.235. The molecule has 0 radical (unpaired) electrons. The molecule has 0 fully saturated rings. The molecule has 0 bridgehead atoms. The zero-order valence-corrected chi connectivity index (χ0v) is 23.9. The summed E-state index contributed by atoms with van der Waals surface area (Å²) in [6.07, 6.45) is 1.74. The number of aryl methyl sites for hydroxylation is 2. The Morgan fingerprint density at radius 2 is 0.949 bits per heavy atom. The standard InChI is InChI=1S/C34H31NO2SSi/c1-27-18-22-29(23-19-27)34(26-35-38(36,37)30-24-20-28(2)21-25-30)39(31-12-6-3-7-13-31,32-14-8-4-9-15-32)33-16-10-5-11-17-33/h3-26,35H,1-2H3/b34-26+. The van der Waals surface area contributed by atoms with Crippen molar-refractivity contribution < 1.29 is 8.42 Å². The van der Waals surface area contributed by atoms with Gasteiger partial charge in [0.1, 0.15) is 0 Å². The van der Waals surface area contributed by atoms with Gasteiger partial charge in [-0.25, -0.2) is 8.42 Å². The van der Waals surface area contributed by atoms with Crippen molar-refractivity contribution in [1.82, 2.24) is 4.72 Å². The van der Waals surface area contributed by atoms with E-state index in [4.69, 9.17) is 0 Å². The third kappa shape index (κ3) is 5.37. The van der Waals surface area contributed by atoms with Crippen LogP contribution in [0.25, 0.3) is 5.20 Å². The van der Waals surface area contributed by atoms with Gasteiger partial charge in [0.25, 0.3) is 10.0 Å². The Hall–Kier alpha value is -4.19. The van der Waals surface area contributed by atoms with Crippen molar-refractivity contribution in [1.29, 1.82) is 0 Å². The van der Waals surface area contributed by atoms with Crippen molar-refractivity contribution in [2.45, 2.75) is 18.7 Å². The average Bonchev–Trinajstić information content (AvgIpc) is 2.97. The van der Waals surface area contributed by atoms with Crippen LogP contribution in [0, 0.1) is 13.8 Å². The molecule has 0 amide bonds. The van der Waals surface area contributed by atoms with Gasteiger partial charge in [-0.15, -0.1) is 0 Å². The molecule has 0 atom stereocenters. The van der Waals surface area contributed by atoms with Gasteiger partial charge in [0.2, 0.25) is 0 Å². The highest BCUT2D eigenvalue weighted by molar-refractivity contribution is 7.89. The summed E-state index contributed by atoms with van der Waals surface area (Å²) < 4.78 is 29.9. The molecule has 1 N–H and O–H groups in total. The van der Waals surface area contributed by atoms with Crippen LogP contribution in [-0.4, -0.2) is 16.5 Å². The van der Waals surface area contributed by atoms with Crippen molar-refractivity contribution in [2.75, 3.05) is 0 Å². The van der Waals surface area contributed by atoms with Gasteiger partial charge in [-0.2, -0.15) is 0 Å². The molecule has 0 saturated carbocycles. The van der Waals surface area contributed by atoms with Crippen molar-refractivity contribution in [3.05, 3.63) is 162 Å². The maximum atomic E-state index is 13.5. The number of nitrogens with one attached hydrogen (secondary N) is 1. The molecule has 0 saturated heterocycles. The smallest absolute Gasteiger partial charge is 0.261 e. The maximum Gasteiger partial charge on any atom is 0.261 e. The molecular weight excluding hydrogens is 515 g/mol. The number of hydrogen-bond acceptors (Lipinski definition) is 2. The summed E-state index contributed by atoms with van der Waals surface area (Å²) in [6, 6.07) is 46.7. The minimum atomic E-state index is -3.80. The molecule has 0 aliphatic heterocycles. The fourth-order valence-electron chi connectivity index (χ4n) is 5.09. The van der Waals surface area contributed by atoms with Crippen LogP contribution in [0.1, 0.15) is 16.7 Å². The third-order valence-electron chi connectivity index (χ3n) is 7.08. The van der Waals surface area contributed by atoms with E-state index in [2.05, 4.69) is 109 Å². The molecule has 3 nitrogen and oxygen atoms in total. The van der Waals surface area contributed by atoms with E-state index in [1.807, 2.05) is 37.3 Å².